The van der Waals surface area contributed by atoms with E-state index < -0.39 is 0 Å². The molecule has 0 unspecified atom stereocenters. The Morgan fingerprint density at radius 1 is 0.906 bits per heavy atom. The lowest BCUT2D eigenvalue weighted by atomic mass is 10.1. The molecule has 2 aromatic carbocycles. The Kier molecular flexibility index (Phi) is 8.21. The summed E-state index contributed by atoms with van der Waals surface area (Å²) in [5.41, 5.74) is 2.60. The van der Waals surface area contributed by atoms with Crippen LogP contribution in [0.2, 0.25) is 0 Å². The van der Waals surface area contributed by atoms with Gasteiger partial charge in [-0.3, -0.25) is 14.4 Å². The first-order valence-corrected chi connectivity index (χ1v) is 10.8. The largest absolute Gasteiger partial charge is 0.378 e. The molecule has 0 saturated carbocycles. The van der Waals surface area contributed by atoms with Crippen LogP contribution in [0, 0.1) is 5.92 Å². The average molecular weight is 439 g/mol. The van der Waals surface area contributed by atoms with Crippen LogP contribution in [0.15, 0.2) is 48.5 Å². The molecule has 8 heteroatoms. The molecule has 1 aliphatic heterocycles. The normalized spacial score (nSPS) is 13.5. The highest BCUT2D eigenvalue weighted by atomic mass is 16.5. The number of hydrogen-bond acceptors (Lipinski definition) is 5. The Hall–Kier alpha value is -3.39. The van der Waals surface area contributed by atoms with E-state index in [0.717, 1.165) is 0 Å². The number of benzene rings is 2. The number of carbonyl (C=O) groups is 3. The summed E-state index contributed by atoms with van der Waals surface area (Å²) >= 11 is 0. The van der Waals surface area contributed by atoms with E-state index in [1.165, 1.54) is 0 Å². The van der Waals surface area contributed by atoms with Crippen LogP contribution in [0.4, 0.5) is 17.1 Å². The molecule has 3 amide bonds. The monoisotopic (exact) mass is 438 g/mol. The molecule has 1 fully saturated rings. The molecule has 1 aliphatic rings. The van der Waals surface area contributed by atoms with E-state index in [9.17, 15) is 14.4 Å². The van der Waals surface area contributed by atoms with Crippen molar-refractivity contribution in [2.24, 2.45) is 5.92 Å². The van der Waals surface area contributed by atoms with Crippen LogP contribution < -0.4 is 16.0 Å². The molecule has 3 N–H and O–H groups in total. The third kappa shape index (κ3) is 7.09. The second kappa shape index (κ2) is 11.3. The van der Waals surface area contributed by atoms with Gasteiger partial charge in [0.15, 0.2) is 0 Å². The van der Waals surface area contributed by atoms with Crippen LogP contribution in [0.5, 0.6) is 0 Å². The highest BCUT2D eigenvalue weighted by Gasteiger charge is 2.18. The maximum Gasteiger partial charge on any atom is 0.254 e. The van der Waals surface area contributed by atoms with Crippen LogP contribution in [-0.2, 0) is 14.3 Å². The first kappa shape index (κ1) is 23.3. The smallest absolute Gasteiger partial charge is 0.254 e. The minimum atomic E-state index is -0.216. The summed E-state index contributed by atoms with van der Waals surface area (Å²) in [6.45, 7) is 6.31. The van der Waals surface area contributed by atoms with Crippen LogP contribution in [0.1, 0.15) is 30.6 Å². The van der Waals surface area contributed by atoms with Crippen molar-refractivity contribution in [3.8, 4) is 0 Å². The fraction of sp³-hybridized carbons (Fsp3) is 0.375. The number of carbonyl (C=O) groups excluding carboxylic acids is 3. The maximum atomic E-state index is 12.6. The summed E-state index contributed by atoms with van der Waals surface area (Å²) in [7, 11) is 0. The second-order valence-corrected chi connectivity index (χ2v) is 8.11. The zero-order valence-corrected chi connectivity index (χ0v) is 18.5. The van der Waals surface area contributed by atoms with Crippen molar-refractivity contribution >= 4 is 34.8 Å². The van der Waals surface area contributed by atoms with E-state index in [1.807, 2.05) is 19.9 Å². The number of amides is 3. The third-order valence-corrected chi connectivity index (χ3v) is 4.91. The van der Waals surface area contributed by atoms with Crippen molar-refractivity contribution in [2.75, 3.05) is 48.8 Å². The molecular formula is C24H30N4O4. The number of rotatable bonds is 8. The van der Waals surface area contributed by atoms with Gasteiger partial charge in [-0.2, -0.15) is 0 Å². The lowest BCUT2D eigenvalue weighted by Gasteiger charge is -2.27. The summed E-state index contributed by atoms with van der Waals surface area (Å²) in [6.07, 6.45) is 0.462. The van der Waals surface area contributed by atoms with Crippen LogP contribution in [0.3, 0.4) is 0 Å². The Morgan fingerprint density at radius 2 is 1.53 bits per heavy atom. The second-order valence-electron chi connectivity index (χ2n) is 8.11. The number of morpholine rings is 1. The van der Waals surface area contributed by atoms with E-state index in [2.05, 4.69) is 16.0 Å². The average Bonchev–Trinajstić information content (AvgIpc) is 2.79. The van der Waals surface area contributed by atoms with Gasteiger partial charge >= 0.3 is 0 Å². The predicted octanol–water partition coefficient (Wildman–Crippen LogP) is 3.19. The zero-order valence-electron chi connectivity index (χ0n) is 18.5. The summed E-state index contributed by atoms with van der Waals surface area (Å²) in [5, 5.41) is 8.70. The van der Waals surface area contributed by atoms with Crippen molar-refractivity contribution in [1.82, 2.24) is 4.90 Å². The minimum Gasteiger partial charge on any atom is -0.378 e. The number of hydrogen-bond donors (Lipinski definition) is 3. The molecule has 170 valence electrons. The number of anilines is 3. The number of nitrogens with zero attached hydrogens (tertiary/aromatic N) is 1. The van der Waals surface area contributed by atoms with Crippen LogP contribution >= 0.6 is 0 Å². The Bertz CT molecular complexity index is 937. The Labute approximate surface area is 188 Å². The predicted molar refractivity (Wildman–Crippen MR) is 125 cm³/mol. The van der Waals surface area contributed by atoms with E-state index in [0.29, 0.717) is 61.3 Å². The van der Waals surface area contributed by atoms with Gasteiger partial charge in [-0.05, 0) is 48.4 Å². The Balaban J connectivity index is 1.48. The fourth-order valence-corrected chi connectivity index (χ4v) is 3.32. The molecule has 3 rings (SSSR count). The first-order valence-electron chi connectivity index (χ1n) is 10.8. The standard InChI is InChI=1S/C24H30N4O4/c1-17(2)14-22(29)26-19-6-8-20(9-7-19)27-23(30)16-25-21-5-3-4-18(15-21)24(31)28-10-12-32-13-11-28/h3-9,15,17,25H,10-14,16H2,1-2H3,(H,26,29)(H,27,30). The van der Waals surface area contributed by atoms with Gasteiger partial charge in [-0.15, -0.1) is 0 Å². The highest BCUT2D eigenvalue weighted by Crippen LogP contribution is 2.16. The number of ether oxygens (including phenoxy) is 1. The summed E-state index contributed by atoms with van der Waals surface area (Å²) in [6, 6.07) is 14.1. The molecule has 1 heterocycles. The third-order valence-electron chi connectivity index (χ3n) is 4.91. The van der Waals surface area contributed by atoms with E-state index in [1.54, 1.807) is 47.4 Å². The van der Waals surface area contributed by atoms with Crippen molar-refractivity contribution in [3.05, 3.63) is 54.1 Å². The lowest BCUT2D eigenvalue weighted by molar-refractivity contribution is -0.117. The number of nitrogens with one attached hydrogen (secondary N) is 3. The van der Waals surface area contributed by atoms with Crippen LogP contribution in [-0.4, -0.2) is 55.5 Å². The van der Waals surface area contributed by atoms with Gasteiger partial charge in [0.25, 0.3) is 5.91 Å². The van der Waals surface area contributed by atoms with Crippen molar-refractivity contribution in [2.45, 2.75) is 20.3 Å². The van der Waals surface area contributed by atoms with E-state index in [-0.39, 0.29) is 24.3 Å². The SMILES string of the molecule is CC(C)CC(=O)Nc1ccc(NC(=O)CNc2cccc(C(=O)N3CCOCC3)c2)cc1. The topological polar surface area (TPSA) is 99.8 Å². The molecule has 0 atom stereocenters. The molecule has 32 heavy (non-hydrogen) atoms. The summed E-state index contributed by atoms with van der Waals surface area (Å²) in [4.78, 5) is 38.5. The molecule has 0 bridgehead atoms. The fourth-order valence-electron chi connectivity index (χ4n) is 3.32. The van der Waals surface area contributed by atoms with Crippen molar-refractivity contribution in [1.29, 1.82) is 0 Å². The van der Waals surface area contributed by atoms with Gasteiger partial charge in [0.2, 0.25) is 11.8 Å². The molecule has 1 saturated heterocycles. The van der Waals surface area contributed by atoms with Gasteiger partial charge < -0.3 is 25.6 Å². The van der Waals surface area contributed by atoms with Crippen molar-refractivity contribution < 1.29 is 19.1 Å². The van der Waals surface area contributed by atoms with Gasteiger partial charge in [-0.1, -0.05) is 19.9 Å². The lowest BCUT2D eigenvalue weighted by Crippen LogP contribution is -2.40. The van der Waals surface area contributed by atoms with Crippen molar-refractivity contribution in [3.63, 3.8) is 0 Å². The summed E-state index contributed by atoms with van der Waals surface area (Å²) in [5.74, 6) is 0.00281. The van der Waals surface area contributed by atoms with Gasteiger partial charge in [0.1, 0.15) is 0 Å². The molecular weight excluding hydrogens is 408 g/mol. The van der Waals surface area contributed by atoms with Gasteiger partial charge in [-0.25, -0.2) is 0 Å². The first-order chi connectivity index (χ1) is 15.4. The highest BCUT2D eigenvalue weighted by molar-refractivity contribution is 5.96. The molecule has 2 aromatic rings. The van der Waals surface area contributed by atoms with Gasteiger partial charge in [0, 0.05) is 42.1 Å². The molecule has 0 aromatic heterocycles. The molecule has 8 nitrogen and oxygen atoms in total. The minimum absolute atomic E-state index is 0.0321. The van der Waals surface area contributed by atoms with Gasteiger partial charge in [0.05, 0.1) is 19.8 Å². The van der Waals surface area contributed by atoms with E-state index in [4.69, 9.17) is 4.74 Å². The van der Waals surface area contributed by atoms with E-state index >= 15 is 0 Å². The molecule has 0 radical (unpaired) electrons. The Morgan fingerprint density at radius 3 is 2.16 bits per heavy atom. The molecule has 0 spiro atoms. The molecule has 0 aliphatic carbocycles. The summed E-state index contributed by atoms with van der Waals surface area (Å²) < 4.78 is 5.29. The maximum absolute atomic E-state index is 12.6. The quantitative estimate of drug-likeness (QED) is 0.588. The van der Waals surface area contributed by atoms with Crippen LogP contribution in [0.25, 0.3) is 0 Å². The zero-order chi connectivity index (χ0) is 22.9.